The Hall–Kier alpha value is -3.42. The molecule has 130 valence electrons. The average Bonchev–Trinajstić information content (AvgIpc) is 3.03. The van der Waals surface area contributed by atoms with Crippen molar-refractivity contribution < 1.29 is 29.3 Å². The summed E-state index contributed by atoms with van der Waals surface area (Å²) in [6, 6.07) is 9.24. The van der Waals surface area contributed by atoms with Crippen molar-refractivity contribution in [2.24, 2.45) is 0 Å². The number of carbonyl (C=O) groups is 2. The lowest BCUT2D eigenvalue weighted by Crippen LogP contribution is -2.44. The Bertz CT molecular complexity index is 790. The van der Waals surface area contributed by atoms with Gasteiger partial charge in [-0.2, -0.15) is 0 Å². The molecule has 0 saturated heterocycles. The van der Waals surface area contributed by atoms with Gasteiger partial charge in [0, 0.05) is 18.2 Å². The number of nitrogens with one attached hydrogen (secondary N) is 2. The van der Waals surface area contributed by atoms with Crippen LogP contribution in [0.2, 0.25) is 0 Å². The molecular formula is C17H16N2O6. The molecule has 0 fully saturated rings. The van der Waals surface area contributed by atoms with Gasteiger partial charge in [-0.05, 0) is 29.8 Å². The molecule has 4 N–H and O–H groups in total. The van der Waals surface area contributed by atoms with Crippen molar-refractivity contribution in [1.82, 2.24) is 5.32 Å². The molecular weight excluding hydrogens is 328 g/mol. The highest BCUT2D eigenvalue weighted by Crippen LogP contribution is 2.34. The fraction of sp³-hybridized carbons (Fsp3) is 0.176. The van der Waals surface area contributed by atoms with Crippen LogP contribution in [0.15, 0.2) is 42.5 Å². The highest BCUT2D eigenvalue weighted by atomic mass is 16.7. The monoisotopic (exact) mass is 344 g/mol. The summed E-state index contributed by atoms with van der Waals surface area (Å²) in [5, 5.41) is 23.5. The molecule has 0 aromatic heterocycles. The van der Waals surface area contributed by atoms with E-state index >= 15 is 0 Å². The predicted octanol–water partition coefficient (Wildman–Crippen LogP) is 1.94. The van der Waals surface area contributed by atoms with Crippen LogP contribution >= 0.6 is 0 Å². The maximum atomic E-state index is 12.1. The van der Waals surface area contributed by atoms with Crippen LogP contribution in [0.25, 0.3) is 0 Å². The largest absolute Gasteiger partial charge is 0.508 e. The topological polar surface area (TPSA) is 117 Å². The van der Waals surface area contributed by atoms with E-state index in [0.717, 1.165) is 0 Å². The zero-order valence-corrected chi connectivity index (χ0v) is 13.1. The zero-order valence-electron chi connectivity index (χ0n) is 13.1. The minimum atomic E-state index is -1.16. The Balaban J connectivity index is 1.62. The second-order valence-electron chi connectivity index (χ2n) is 5.43. The Kier molecular flexibility index (Phi) is 4.60. The number of anilines is 1. The van der Waals surface area contributed by atoms with Crippen LogP contribution < -0.4 is 20.1 Å². The summed E-state index contributed by atoms with van der Waals surface area (Å²) < 4.78 is 10.4. The molecule has 3 rings (SSSR count). The van der Waals surface area contributed by atoms with Gasteiger partial charge >= 0.3 is 12.0 Å². The summed E-state index contributed by atoms with van der Waals surface area (Å²) in [5.74, 6) is 0.0245. The molecule has 2 aromatic rings. The van der Waals surface area contributed by atoms with Crippen molar-refractivity contribution >= 4 is 17.7 Å². The van der Waals surface area contributed by atoms with Gasteiger partial charge in [0.05, 0.1) is 0 Å². The van der Waals surface area contributed by atoms with Crippen molar-refractivity contribution in [3.8, 4) is 17.2 Å². The fourth-order valence-electron chi connectivity index (χ4n) is 2.37. The van der Waals surface area contributed by atoms with E-state index in [4.69, 9.17) is 9.47 Å². The van der Waals surface area contributed by atoms with Gasteiger partial charge in [-0.25, -0.2) is 9.59 Å². The number of rotatable bonds is 5. The van der Waals surface area contributed by atoms with E-state index in [2.05, 4.69) is 10.6 Å². The summed E-state index contributed by atoms with van der Waals surface area (Å²) >= 11 is 0. The fourth-order valence-corrected chi connectivity index (χ4v) is 2.37. The maximum absolute atomic E-state index is 12.1. The third kappa shape index (κ3) is 4.11. The van der Waals surface area contributed by atoms with Crippen molar-refractivity contribution in [3.05, 3.63) is 48.0 Å². The molecule has 8 heteroatoms. The van der Waals surface area contributed by atoms with Crippen molar-refractivity contribution in [1.29, 1.82) is 0 Å². The molecule has 1 heterocycles. The molecule has 2 aromatic carbocycles. The third-order valence-electron chi connectivity index (χ3n) is 3.61. The number of urea groups is 1. The molecule has 8 nitrogen and oxygen atoms in total. The Morgan fingerprint density at radius 2 is 1.80 bits per heavy atom. The van der Waals surface area contributed by atoms with Crippen molar-refractivity contribution in [2.45, 2.75) is 12.5 Å². The second kappa shape index (κ2) is 7.00. The van der Waals surface area contributed by atoms with E-state index < -0.39 is 18.0 Å². The predicted molar refractivity (Wildman–Crippen MR) is 88.0 cm³/mol. The quantitative estimate of drug-likeness (QED) is 0.658. The number of amides is 2. The maximum Gasteiger partial charge on any atom is 0.326 e. The van der Waals surface area contributed by atoms with E-state index in [-0.39, 0.29) is 19.0 Å². The summed E-state index contributed by atoms with van der Waals surface area (Å²) in [6.07, 6.45) is 0.0875. The molecule has 25 heavy (non-hydrogen) atoms. The van der Waals surface area contributed by atoms with Gasteiger partial charge in [-0.15, -0.1) is 0 Å². The lowest BCUT2D eigenvalue weighted by atomic mass is 10.1. The van der Waals surface area contributed by atoms with Crippen LogP contribution in [0.4, 0.5) is 10.5 Å². The molecule has 0 saturated carbocycles. The molecule has 1 atom stereocenters. The van der Waals surface area contributed by atoms with Crippen LogP contribution in [0, 0.1) is 0 Å². The molecule has 1 aliphatic rings. The second-order valence-corrected chi connectivity index (χ2v) is 5.43. The van der Waals surface area contributed by atoms with E-state index in [9.17, 15) is 19.8 Å². The number of benzene rings is 2. The van der Waals surface area contributed by atoms with Crippen LogP contribution in [-0.2, 0) is 11.2 Å². The number of ether oxygens (including phenoxy) is 2. The first kappa shape index (κ1) is 16.4. The normalized spacial score (nSPS) is 13.1. The molecule has 0 aliphatic carbocycles. The summed E-state index contributed by atoms with van der Waals surface area (Å²) in [6.45, 7) is 0.124. The number of fused-ring (bicyclic) bond motifs is 1. The zero-order chi connectivity index (χ0) is 17.8. The summed E-state index contributed by atoms with van der Waals surface area (Å²) in [5.41, 5.74) is 1.13. The Labute approximate surface area is 143 Å². The molecule has 0 spiro atoms. The van der Waals surface area contributed by atoms with Gasteiger partial charge < -0.3 is 30.3 Å². The van der Waals surface area contributed by atoms with E-state index in [1.165, 1.54) is 12.1 Å². The summed E-state index contributed by atoms with van der Waals surface area (Å²) in [7, 11) is 0. The Morgan fingerprint density at radius 1 is 1.08 bits per heavy atom. The van der Waals surface area contributed by atoms with E-state index in [1.807, 2.05) is 0 Å². The van der Waals surface area contributed by atoms with Gasteiger partial charge in [0.15, 0.2) is 11.5 Å². The number of phenolic OH excluding ortho intramolecular Hbond substituents is 1. The first-order valence-corrected chi connectivity index (χ1v) is 7.49. The van der Waals surface area contributed by atoms with E-state index in [0.29, 0.717) is 22.7 Å². The standard InChI is InChI=1S/C17H16N2O6/c20-12-4-1-10(2-5-12)7-13(16(21)22)19-17(23)18-11-3-6-14-15(8-11)25-9-24-14/h1-6,8,13,20H,7,9H2,(H,21,22)(H2,18,19,23). The lowest BCUT2D eigenvalue weighted by molar-refractivity contribution is -0.139. The molecule has 1 unspecified atom stereocenters. The van der Waals surface area contributed by atoms with Crippen LogP contribution in [-0.4, -0.2) is 35.0 Å². The lowest BCUT2D eigenvalue weighted by Gasteiger charge is -2.15. The molecule has 1 aliphatic heterocycles. The number of aliphatic carboxylic acids is 1. The highest BCUT2D eigenvalue weighted by Gasteiger charge is 2.21. The number of hydrogen-bond donors (Lipinski definition) is 4. The average molecular weight is 344 g/mol. The van der Waals surface area contributed by atoms with Gasteiger partial charge in [0.25, 0.3) is 0 Å². The number of phenols is 1. The number of carboxylic acid groups (broad SMARTS) is 1. The third-order valence-corrected chi connectivity index (χ3v) is 3.61. The minimum absolute atomic E-state index is 0.0872. The molecule has 2 amide bonds. The Morgan fingerprint density at radius 3 is 2.52 bits per heavy atom. The van der Waals surface area contributed by atoms with Crippen LogP contribution in [0.3, 0.4) is 0 Å². The minimum Gasteiger partial charge on any atom is -0.508 e. The summed E-state index contributed by atoms with van der Waals surface area (Å²) in [4.78, 5) is 23.5. The van der Waals surface area contributed by atoms with Crippen LogP contribution in [0.1, 0.15) is 5.56 Å². The first-order chi connectivity index (χ1) is 12.0. The van der Waals surface area contributed by atoms with Crippen LogP contribution in [0.5, 0.6) is 17.2 Å². The number of carbonyl (C=O) groups excluding carboxylic acids is 1. The van der Waals surface area contributed by atoms with Crippen molar-refractivity contribution in [3.63, 3.8) is 0 Å². The van der Waals surface area contributed by atoms with Gasteiger partial charge in [-0.1, -0.05) is 12.1 Å². The van der Waals surface area contributed by atoms with Gasteiger partial charge in [0.1, 0.15) is 11.8 Å². The van der Waals surface area contributed by atoms with Crippen molar-refractivity contribution in [2.75, 3.05) is 12.1 Å². The van der Waals surface area contributed by atoms with Gasteiger partial charge in [-0.3, -0.25) is 0 Å². The van der Waals surface area contributed by atoms with E-state index in [1.54, 1.807) is 30.3 Å². The molecule has 0 bridgehead atoms. The number of carboxylic acids is 1. The number of hydrogen-bond acceptors (Lipinski definition) is 5. The smallest absolute Gasteiger partial charge is 0.326 e. The first-order valence-electron chi connectivity index (χ1n) is 7.49. The SMILES string of the molecule is O=C(Nc1ccc2c(c1)OCO2)NC(Cc1ccc(O)cc1)C(=O)O. The molecule has 0 radical (unpaired) electrons. The highest BCUT2D eigenvalue weighted by molar-refractivity contribution is 5.92. The number of aromatic hydroxyl groups is 1. The van der Waals surface area contributed by atoms with Gasteiger partial charge in [0.2, 0.25) is 6.79 Å².